The Labute approximate surface area is 56.8 Å². The molecular weight excluding hydrogens is 255 g/mol. The standard InChI is InChI=1S/2ClH.Sn.Zn.H/h2*1H;;;/q;;2*+1;/p-2. The summed E-state index contributed by atoms with van der Waals surface area (Å²) in [6.07, 6.45) is 0. The Morgan fingerprint density at radius 3 is 1.25 bits per heavy atom. The summed E-state index contributed by atoms with van der Waals surface area (Å²) in [5.41, 5.74) is 0. The normalized spacial score (nSPS) is 3.25. The van der Waals surface area contributed by atoms with E-state index in [1.165, 1.54) is 0 Å². The molecule has 21 valence electrons. The molecule has 0 aromatic carbocycles. The summed E-state index contributed by atoms with van der Waals surface area (Å²) in [6, 6.07) is 0. The summed E-state index contributed by atoms with van der Waals surface area (Å²) in [7, 11) is 9.53. The topological polar surface area (TPSA) is 0 Å². The zero-order valence-electron chi connectivity index (χ0n) is 2.04. The van der Waals surface area contributed by atoms with Gasteiger partial charge in [-0.05, 0) is 0 Å². The van der Waals surface area contributed by atoms with Crippen molar-refractivity contribution in [3.8, 4) is 0 Å². The van der Waals surface area contributed by atoms with Crippen LogP contribution in [-0.2, 0) is 17.3 Å². The first-order valence-electron chi connectivity index (χ1n) is 0.485. The predicted molar refractivity (Wildman–Crippen MR) is 18.9 cm³/mol. The maximum absolute atomic E-state index is 4.77. The first-order valence-corrected chi connectivity index (χ1v) is 8.56. The number of halogens is 2. The van der Waals surface area contributed by atoms with Crippen molar-refractivity contribution in [3.63, 3.8) is 0 Å². The molecule has 0 saturated heterocycles. The van der Waals surface area contributed by atoms with Gasteiger partial charge in [0.25, 0.3) is 0 Å². The third-order valence-corrected chi connectivity index (χ3v) is 0. The molecule has 0 rings (SSSR count). The van der Waals surface area contributed by atoms with Gasteiger partial charge in [-0.3, -0.25) is 0 Å². The van der Waals surface area contributed by atoms with Gasteiger partial charge in [-0.1, -0.05) is 0 Å². The summed E-state index contributed by atoms with van der Waals surface area (Å²) in [5, 5.41) is 0. The molecule has 0 N–H and O–H groups in total. The monoisotopic (exact) mass is 255 g/mol. The van der Waals surface area contributed by atoms with E-state index in [0.717, 1.165) is 38.7 Å². The van der Waals surface area contributed by atoms with Crippen LogP contribution in [0.1, 0.15) is 0 Å². The molecule has 0 bridgehead atoms. The molecule has 0 fully saturated rings. The molecule has 0 aliphatic carbocycles. The van der Waals surface area contributed by atoms with Crippen LogP contribution in [0.25, 0.3) is 0 Å². The first kappa shape index (κ1) is 9.38. The van der Waals surface area contributed by atoms with Gasteiger partial charge in [0.15, 0.2) is 0 Å². The van der Waals surface area contributed by atoms with Crippen LogP contribution in [0.5, 0.6) is 0 Å². The van der Waals surface area contributed by atoms with Crippen molar-refractivity contribution in [2.45, 2.75) is 0 Å². The third kappa shape index (κ3) is 9.00. The fourth-order valence-corrected chi connectivity index (χ4v) is 0. The van der Waals surface area contributed by atoms with Crippen LogP contribution in [0.15, 0.2) is 0 Å². The summed E-state index contributed by atoms with van der Waals surface area (Å²) >= 11 is 1.67. The minimum atomic E-state index is 0.822. The average Bonchev–Trinajstić information content (AvgIpc) is 1.50. The van der Waals surface area contributed by atoms with E-state index in [0.29, 0.717) is 0 Å². The predicted octanol–water partition coefficient (Wildman–Crippen LogP) is 0.728. The Morgan fingerprint density at radius 2 is 1.25 bits per heavy atom. The molecule has 2 radical (unpaired) electrons. The van der Waals surface area contributed by atoms with Crippen molar-refractivity contribution in [3.05, 3.63) is 0 Å². The molecule has 0 saturated carbocycles. The van der Waals surface area contributed by atoms with Gasteiger partial charge < -0.3 is 0 Å². The van der Waals surface area contributed by atoms with Gasteiger partial charge >= 0.3 is 57.3 Å². The van der Waals surface area contributed by atoms with E-state index in [2.05, 4.69) is 0 Å². The van der Waals surface area contributed by atoms with E-state index in [-0.39, 0.29) is 0 Å². The van der Waals surface area contributed by atoms with Gasteiger partial charge in [0.2, 0.25) is 0 Å². The van der Waals surface area contributed by atoms with Crippen LogP contribution in [0.2, 0.25) is 0 Å². The summed E-state index contributed by atoms with van der Waals surface area (Å²) in [6.45, 7) is 0. The van der Waals surface area contributed by atoms with Crippen LogP contribution in [-0.4, -0.2) is 21.4 Å². The van der Waals surface area contributed by atoms with Crippen molar-refractivity contribution in [1.29, 1.82) is 0 Å². The van der Waals surface area contributed by atoms with E-state index >= 15 is 0 Å². The van der Waals surface area contributed by atoms with E-state index in [4.69, 9.17) is 18.6 Å². The molecule has 0 unspecified atom stereocenters. The van der Waals surface area contributed by atoms with Gasteiger partial charge in [0, 0.05) is 0 Å². The van der Waals surface area contributed by atoms with E-state index in [1.54, 1.807) is 0 Å². The zero-order chi connectivity index (χ0) is 4.00. The van der Waals surface area contributed by atoms with Crippen molar-refractivity contribution < 1.29 is 17.3 Å². The Morgan fingerprint density at radius 1 is 1.25 bits per heavy atom. The Balaban J connectivity index is 0. The van der Waals surface area contributed by atoms with Gasteiger partial charge in [0.1, 0.15) is 0 Å². The molecule has 0 aliphatic heterocycles. The molecule has 0 nitrogen and oxygen atoms in total. The van der Waals surface area contributed by atoms with Gasteiger partial charge in [0.05, 0.1) is 0 Å². The van der Waals surface area contributed by atoms with Crippen LogP contribution in [0.4, 0.5) is 0 Å². The zero-order valence-corrected chi connectivity index (χ0v) is 9.82. The number of hydrogen-bond acceptors (Lipinski definition) is 0. The molecule has 0 aromatic rings. The maximum atomic E-state index is 4.77. The van der Waals surface area contributed by atoms with Gasteiger partial charge in [-0.15, -0.1) is 0 Å². The molecule has 0 amide bonds. The molecule has 0 aliphatic rings. The fourth-order valence-electron chi connectivity index (χ4n) is 0. The van der Waals surface area contributed by atoms with Crippen LogP contribution in [0.3, 0.4) is 0 Å². The van der Waals surface area contributed by atoms with Crippen LogP contribution < -0.4 is 0 Å². The second-order valence-electron chi connectivity index (χ2n) is 0. The second-order valence-corrected chi connectivity index (χ2v) is 0. The Bertz CT molecular complexity index is 6.00. The third-order valence-electron chi connectivity index (χ3n) is 0. The minimum absolute atomic E-state index is 0.822. The molecular formula is HCl2SnZn. The first-order chi connectivity index (χ1) is 2.00. The van der Waals surface area contributed by atoms with Crippen molar-refractivity contribution in [1.82, 2.24) is 0 Å². The SMILES string of the molecule is [Cl][SnH].[Cl][Zn]. The summed E-state index contributed by atoms with van der Waals surface area (Å²) in [5.74, 6) is 0. The fraction of sp³-hybridized carbons (Fsp3) is 0. The number of rotatable bonds is 0. The van der Waals surface area contributed by atoms with Crippen molar-refractivity contribution >= 4 is 40.0 Å². The summed E-state index contributed by atoms with van der Waals surface area (Å²) < 4.78 is 0. The van der Waals surface area contributed by atoms with E-state index in [1.807, 2.05) is 0 Å². The Hall–Kier alpha value is 2.00. The molecule has 0 heterocycles. The second kappa shape index (κ2) is 20.0. The molecule has 0 aromatic heterocycles. The van der Waals surface area contributed by atoms with E-state index in [9.17, 15) is 0 Å². The number of hydrogen-bond donors (Lipinski definition) is 0. The van der Waals surface area contributed by atoms with Gasteiger partial charge in [-0.2, -0.15) is 0 Å². The molecule has 0 spiro atoms. The van der Waals surface area contributed by atoms with Crippen molar-refractivity contribution in [2.75, 3.05) is 0 Å². The summed E-state index contributed by atoms with van der Waals surface area (Å²) in [4.78, 5) is 0. The molecule has 4 heteroatoms. The van der Waals surface area contributed by atoms with E-state index < -0.39 is 0 Å². The average molecular weight is 256 g/mol. The van der Waals surface area contributed by atoms with Crippen LogP contribution >= 0.6 is 18.6 Å². The van der Waals surface area contributed by atoms with Crippen LogP contribution in [0, 0.1) is 0 Å². The molecule has 0 atom stereocenters. The Kier molecular flexibility index (Phi) is 46.9. The van der Waals surface area contributed by atoms with Gasteiger partial charge in [-0.25, -0.2) is 0 Å². The van der Waals surface area contributed by atoms with Crippen molar-refractivity contribution in [2.24, 2.45) is 0 Å². The molecule has 4 heavy (non-hydrogen) atoms. The quantitative estimate of drug-likeness (QED) is 0.560.